The Balaban J connectivity index is 1.70. The molecule has 1 saturated carbocycles. The molecule has 0 unspecified atom stereocenters. The van der Waals surface area contributed by atoms with E-state index in [1.54, 1.807) is 12.5 Å². The molecule has 21 heavy (non-hydrogen) atoms. The van der Waals surface area contributed by atoms with E-state index in [-0.39, 0.29) is 0 Å². The molecule has 3 rings (SSSR count). The van der Waals surface area contributed by atoms with Crippen molar-refractivity contribution in [1.29, 1.82) is 0 Å². The second-order valence-corrected chi connectivity index (χ2v) is 5.43. The van der Waals surface area contributed by atoms with E-state index in [0.29, 0.717) is 18.5 Å². The Labute approximate surface area is 124 Å². The predicted octanol–water partition coefficient (Wildman–Crippen LogP) is 2.22. The summed E-state index contributed by atoms with van der Waals surface area (Å²) < 4.78 is 1.99. The van der Waals surface area contributed by atoms with Crippen LogP contribution in [0.5, 0.6) is 0 Å². The average Bonchev–Trinajstić information content (AvgIpc) is 3.18. The normalized spacial score (nSPS) is 16.3. The van der Waals surface area contributed by atoms with Crippen LogP contribution >= 0.6 is 0 Å². The summed E-state index contributed by atoms with van der Waals surface area (Å²) in [5.74, 6) is 0.544. The quantitative estimate of drug-likeness (QED) is 0.668. The van der Waals surface area contributed by atoms with Gasteiger partial charge in [-0.2, -0.15) is 0 Å². The minimum Gasteiger partial charge on any atom is -0.370 e. The van der Waals surface area contributed by atoms with Gasteiger partial charge < -0.3 is 15.6 Å². The van der Waals surface area contributed by atoms with Gasteiger partial charge in [-0.3, -0.25) is 0 Å². The maximum Gasteiger partial charge on any atom is 0.189 e. The van der Waals surface area contributed by atoms with Crippen LogP contribution < -0.4 is 11.1 Å². The Morgan fingerprint density at radius 3 is 2.90 bits per heavy atom. The largest absolute Gasteiger partial charge is 0.370 e. The Morgan fingerprint density at radius 2 is 2.14 bits per heavy atom. The highest BCUT2D eigenvalue weighted by Crippen LogP contribution is 2.18. The monoisotopic (exact) mass is 283 g/mol. The third-order valence-electron chi connectivity index (χ3n) is 3.90. The summed E-state index contributed by atoms with van der Waals surface area (Å²) in [7, 11) is 0. The number of hydrogen-bond donors (Lipinski definition) is 2. The Hall–Kier alpha value is -2.30. The number of nitrogens with two attached hydrogens (primary N) is 1. The fraction of sp³-hybridized carbons (Fsp3) is 0.375. The number of benzene rings is 1. The van der Waals surface area contributed by atoms with Crippen LogP contribution in [0.2, 0.25) is 0 Å². The van der Waals surface area contributed by atoms with E-state index in [2.05, 4.69) is 27.4 Å². The summed E-state index contributed by atoms with van der Waals surface area (Å²) in [4.78, 5) is 8.57. The zero-order valence-corrected chi connectivity index (χ0v) is 12.1. The Morgan fingerprint density at radius 1 is 1.33 bits per heavy atom. The lowest BCUT2D eigenvalue weighted by molar-refractivity contribution is 0.625. The molecule has 2 aromatic rings. The summed E-state index contributed by atoms with van der Waals surface area (Å²) >= 11 is 0. The highest BCUT2D eigenvalue weighted by atomic mass is 15.1. The first-order valence-electron chi connectivity index (χ1n) is 7.45. The van der Waals surface area contributed by atoms with E-state index in [4.69, 9.17) is 5.73 Å². The van der Waals surface area contributed by atoms with E-state index < -0.39 is 0 Å². The number of nitrogens with zero attached hydrogens (tertiary/aromatic N) is 3. The second kappa shape index (κ2) is 6.43. The lowest BCUT2D eigenvalue weighted by atomic mass is 10.2. The lowest BCUT2D eigenvalue weighted by Gasteiger charge is -2.13. The number of nitrogens with one attached hydrogen (secondary N) is 1. The van der Waals surface area contributed by atoms with Crippen molar-refractivity contribution in [2.45, 2.75) is 38.3 Å². The van der Waals surface area contributed by atoms with Gasteiger partial charge in [-0.15, -0.1) is 0 Å². The van der Waals surface area contributed by atoms with E-state index in [0.717, 1.165) is 11.3 Å². The van der Waals surface area contributed by atoms with Crippen molar-refractivity contribution in [3.8, 4) is 5.69 Å². The van der Waals surface area contributed by atoms with Crippen molar-refractivity contribution in [3.05, 3.63) is 48.5 Å². The van der Waals surface area contributed by atoms with Crippen LogP contribution in [0.25, 0.3) is 5.69 Å². The van der Waals surface area contributed by atoms with Crippen molar-refractivity contribution in [2.75, 3.05) is 0 Å². The number of imidazole rings is 1. The summed E-state index contributed by atoms with van der Waals surface area (Å²) in [5, 5.41) is 3.31. The zero-order chi connectivity index (χ0) is 14.5. The lowest BCUT2D eigenvalue weighted by Crippen LogP contribution is -2.38. The summed E-state index contributed by atoms with van der Waals surface area (Å²) in [6.07, 6.45) is 10.5. The van der Waals surface area contributed by atoms with Gasteiger partial charge in [0.2, 0.25) is 0 Å². The molecule has 1 aliphatic rings. The molecule has 0 aliphatic heterocycles. The van der Waals surface area contributed by atoms with E-state index in [9.17, 15) is 0 Å². The van der Waals surface area contributed by atoms with E-state index in [1.807, 2.05) is 22.9 Å². The van der Waals surface area contributed by atoms with Gasteiger partial charge in [0, 0.05) is 18.4 Å². The SMILES string of the molecule is NC(=NCc1ccccc1-n1ccnc1)NC1CCCC1. The van der Waals surface area contributed by atoms with Crippen LogP contribution in [0, 0.1) is 0 Å². The topological polar surface area (TPSA) is 68.2 Å². The number of hydrogen-bond acceptors (Lipinski definition) is 2. The van der Waals surface area contributed by atoms with Crippen molar-refractivity contribution < 1.29 is 0 Å². The molecule has 1 aromatic carbocycles. The van der Waals surface area contributed by atoms with Gasteiger partial charge in [-0.05, 0) is 24.5 Å². The molecule has 5 nitrogen and oxygen atoms in total. The van der Waals surface area contributed by atoms with Crippen LogP contribution in [-0.2, 0) is 6.54 Å². The third-order valence-corrected chi connectivity index (χ3v) is 3.90. The van der Waals surface area contributed by atoms with E-state index in [1.165, 1.54) is 25.7 Å². The minimum atomic E-state index is 0.498. The van der Waals surface area contributed by atoms with Gasteiger partial charge in [-0.1, -0.05) is 31.0 Å². The second-order valence-electron chi connectivity index (χ2n) is 5.43. The fourth-order valence-electron chi connectivity index (χ4n) is 2.79. The molecule has 1 heterocycles. The number of para-hydroxylation sites is 1. The highest BCUT2D eigenvalue weighted by Gasteiger charge is 2.14. The smallest absolute Gasteiger partial charge is 0.189 e. The molecule has 1 aromatic heterocycles. The van der Waals surface area contributed by atoms with Crippen molar-refractivity contribution in [3.63, 3.8) is 0 Å². The number of aliphatic imine (C=N–C) groups is 1. The first kappa shape index (κ1) is 13.7. The molecule has 1 aliphatic carbocycles. The Bertz CT molecular complexity index is 597. The molecule has 110 valence electrons. The van der Waals surface area contributed by atoms with Crippen LogP contribution in [-0.4, -0.2) is 21.6 Å². The molecule has 3 N–H and O–H groups in total. The van der Waals surface area contributed by atoms with Gasteiger partial charge in [0.05, 0.1) is 18.6 Å². The molecule has 0 bridgehead atoms. The Kier molecular flexibility index (Phi) is 4.19. The van der Waals surface area contributed by atoms with E-state index >= 15 is 0 Å². The van der Waals surface area contributed by atoms with Crippen LogP contribution in [0.3, 0.4) is 0 Å². The number of aromatic nitrogens is 2. The van der Waals surface area contributed by atoms with Crippen LogP contribution in [0.4, 0.5) is 0 Å². The highest BCUT2D eigenvalue weighted by molar-refractivity contribution is 5.78. The van der Waals surface area contributed by atoms with Gasteiger partial charge >= 0.3 is 0 Å². The molecule has 0 radical (unpaired) electrons. The minimum absolute atomic E-state index is 0.498. The number of rotatable bonds is 4. The maximum absolute atomic E-state index is 5.99. The molecule has 0 saturated heterocycles. The average molecular weight is 283 g/mol. The van der Waals surface area contributed by atoms with Crippen molar-refractivity contribution in [1.82, 2.24) is 14.9 Å². The summed E-state index contributed by atoms with van der Waals surface area (Å²) in [5.41, 5.74) is 8.21. The number of guanidine groups is 1. The molecule has 1 fully saturated rings. The standard InChI is InChI=1S/C16H21N5/c17-16(20-14-6-2-3-7-14)19-11-13-5-1-4-8-15(13)21-10-9-18-12-21/h1,4-5,8-10,12,14H,2-3,6-7,11H2,(H3,17,19,20). The fourth-order valence-corrected chi connectivity index (χ4v) is 2.79. The predicted molar refractivity (Wildman–Crippen MR) is 84.3 cm³/mol. The molecule has 5 heteroatoms. The third kappa shape index (κ3) is 3.42. The van der Waals surface area contributed by atoms with Crippen molar-refractivity contribution >= 4 is 5.96 Å². The molecule has 0 amide bonds. The van der Waals surface area contributed by atoms with Gasteiger partial charge in [-0.25, -0.2) is 9.98 Å². The van der Waals surface area contributed by atoms with Gasteiger partial charge in [0.25, 0.3) is 0 Å². The zero-order valence-electron chi connectivity index (χ0n) is 12.1. The van der Waals surface area contributed by atoms with Gasteiger partial charge in [0.15, 0.2) is 5.96 Å². The van der Waals surface area contributed by atoms with Gasteiger partial charge in [0.1, 0.15) is 0 Å². The molecular formula is C16H21N5. The van der Waals surface area contributed by atoms with Crippen molar-refractivity contribution in [2.24, 2.45) is 10.7 Å². The molecular weight excluding hydrogens is 262 g/mol. The first-order valence-corrected chi connectivity index (χ1v) is 7.45. The summed E-state index contributed by atoms with van der Waals surface area (Å²) in [6.45, 7) is 0.569. The summed E-state index contributed by atoms with van der Waals surface area (Å²) in [6, 6.07) is 8.67. The van der Waals surface area contributed by atoms with Crippen LogP contribution in [0.1, 0.15) is 31.2 Å². The van der Waals surface area contributed by atoms with Crippen LogP contribution in [0.15, 0.2) is 48.0 Å². The molecule has 0 spiro atoms. The molecule has 0 atom stereocenters. The maximum atomic E-state index is 5.99. The first-order chi connectivity index (χ1) is 10.3.